The fourth-order valence-electron chi connectivity index (χ4n) is 3.27. The number of benzene rings is 1. The first kappa shape index (κ1) is 13.8. The lowest BCUT2D eigenvalue weighted by atomic mass is 9.68. The Labute approximate surface area is 128 Å². The summed E-state index contributed by atoms with van der Waals surface area (Å²) in [4.78, 5) is 4.48. The highest BCUT2D eigenvalue weighted by Crippen LogP contribution is 2.39. The van der Waals surface area contributed by atoms with Crippen LogP contribution in [0.3, 0.4) is 0 Å². The third-order valence-corrected chi connectivity index (χ3v) is 4.77. The maximum atomic E-state index is 10.1. The Bertz CT molecular complexity index is 596. The number of aromatic nitrogens is 1. The summed E-state index contributed by atoms with van der Waals surface area (Å²) in [5.41, 5.74) is 3.55. The molecule has 1 aliphatic rings. The van der Waals surface area contributed by atoms with Gasteiger partial charge in [0.15, 0.2) is 0 Å². The van der Waals surface area contributed by atoms with Crippen LogP contribution in [0.1, 0.15) is 29.7 Å². The molecule has 1 aromatic heterocycles. The van der Waals surface area contributed by atoms with Crippen LogP contribution < -0.4 is 0 Å². The molecule has 0 saturated carbocycles. The molecule has 0 saturated heterocycles. The van der Waals surface area contributed by atoms with Gasteiger partial charge in [0.2, 0.25) is 0 Å². The molecule has 0 fully saturated rings. The lowest BCUT2D eigenvalue weighted by molar-refractivity contribution is 0.172. The number of aliphatic hydroxyl groups is 1. The van der Waals surface area contributed by atoms with E-state index in [1.165, 1.54) is 11.1 Å². The lowest BCUT2D eigenvalue weighted by Crippen LogP contribution is -2.37. The minimum Gasteiger partial charge on any atom is -0.395 e. The molecule has 1 aliphatic carbocycles. The average molecular weight is 332 g/mol. The zero-order chi connectivity index (χ0) is 14.0. The predicted molar refractivity (Wildman–Crippen MR) is 83.8 cm³/mol. The number of aryl methyl sites for hydroxylation is 1. The predicted octanol–water partition coefficient (Wildman–Crippen LogP) is 3.65. The van der Waals surface area contributed by atoms with Crippen molar-refractivity contribution in [1.82, 2.24) is 4.98 Å². The lowest BCUT2D eigenvalue weighted by Gasteiger charge is -2.37. The van der Waals surface area contributed by atoms with Crippen LogP contribution >= 0.6 is 15.9 Å². The molecule has 1 aromatic carbocycles. The first-order valence-electron chi connectivity index (χ1n) is 7.03. The summed E-state index contributed by atoms with van der Waals surface area (Å²) in [6, 6.07) is 12.6. The van der Waals surface area contributed by atoms with Gasteiger partial charge in [0.1, 0.15) is 0 Å². The summed E-state index contributed by atoms with van der Waals surface area (Å²) in [6.45, 7) is 0.182. The Kier molecular flexibility index (Phi) is 3.90. The van der Waals surface area contributed by atoms with Crippen molar-refractivity contribution in [2.75, 3.05) is 6.61 Å². The number of aliphatic hydroxyl groups excluding tert-OH is 1. The van der Waals surface area contributed by atoms with Crippen molar-refractivity contribution in [2.45, 2.75) is 31.1 Å². The van der Waals surface area contributed by atoms with E-state index in [0.29, 0.717) is 0 Å². The van der Waals surface area contributed by atoms with Gasteiger partial charge in [-0.25, -0.2) is 0 Å². The van der Waals surface area contributed by atoms with E-state index >= 15 is 0 Å². The van der Waals surface area contributed by atoms with Crippen LogP contribution in [0.4, 0.5) is 0 Å². The number of fused-ring (bicyclic) bond motifs is 1. The molecule has 1 atom stereocenters. The van der Waals surface area contributed by atoms with Crippen molar-refractivity contribution in [3.05, 3.63) is 63.9 Å². The summed E-state index contributed by atoms with van der Waals surface area (Å²) in [7, 11) is 0. The number of rotatable bonds is 3. The van der Waals surface area contributed by atoms with Crippen LogP contribution in [0.25, 0.3) is 0 Å². The Morgan fingerprint density at radius 2 is 2.05 bits per heavy atom. The van der Waals surface area contributed by atoms with Crippen molar-refractivity contribution in [1.29, 1.82) is 0 Å². The van der Waals surface area contributed by atoms with Gasteiger partial charge in [-0.1, -0.05) is 24.3 Å². The summed E-state index contributed by atoms with van der Waals surface area (Å²) in [5.74, 6) is 0. The third-order valence-electron chi connectivity index (χ3n) is 4.30. The van der Waals surface area contributed by atoms with Crippen molar-refractivity contribution in [3.63, 3.8) is 0 Å². The minimum atomic E-state index is -0.171. The van der Waals surface area contributed by atoms with E-state index in [0.717, 1.165) is 35.8 Å². The first-order chi connectivity index (χ1) is 9.73. The Hall–Kier alpha value is -1.19. The molecule has 0 amide bonds. The summed E-state index contributed by atoms with van der Waals surface area (Å²) in [5, 5.41) is 10.1. The van der Waals surface area contributed by atoms with E-state index < -0.39 is 0 Å². The third kappa shape index (κ3) is 2.52. The SMILES string of the molecule is OCC1(Cc2ccc(Br)cn2)CCCc2ccccc21. The molecule has 2 aromatic rings. The van der Waals surface area contributed by atoms with Crippen LogP contribution in [-0.4, -0.2) is 16.7 Å². The fraction of sp³-hybridized carbons (Fsp3) is 0.353. The highest BCUT2D eigenvalue weighted by Gasteiger charge is 2.36. The summed E-state index contributed by atoms with van der Waals surface area (Å²) < 4.78 is 0.989. The van der Waals surface area contributed by atoms with Gasteiger partial charge in [0.25, 0.3) is 0 Å². The molecule has 104 valence electrons. The molecule has 20 heavy (non-hydrogen) atoms. The Morgan fingerprint density at radius 3 is 2.80 bits per heavy atom. The van der Waals surface area contributed by atoms with E-state index in [1.807, 2.05) is 18.3 Å². The minimum absolute atomic E-state index is 0.171. The molecule has 1 heterocycles. The first-order valence-corrected chi connectivity index (χ1v) is 7.82. The normalized spacial score (nSPS) is 21.5. The molecule has 0 aliphatic heterocycles. The molecule has 2 nitrogen and oxygen atoms in total. The number of hydrogen-bond donors (Lipinski definition) is 1. The topological polar surface area (TPSA) is 33.1 Å². The van der Waals surface area contributed by atoms with E-state index in [4.69, 9.17) is 0 Å². The monoisotopic (exact) mass is 331 g/mol. The second-order valence-corrected chi connectivity index (χ2v) is 6.51. The van der Waals surface area contributed by atoms with Gasteiger partial charge in [0, 0.05) is 28.2 Å². The average Bonchev–Trinajstić information content (AvgIpc) is 2.50. The molecule has 0 bridgehead atoms. The fourth-order valence-corrected chi connectivity index (χ4v) is 3.50. The van der Waals surface area contributed by atoms with E-state index in [2.05, 4.69) is 45.2 Å². The van der Waals surface area contributed by atoms with Crippen LogP contribution in [-0.2, 0) is 18.3 Å². The molecule has 0 radical (unpaired) electrons. The Balaban J connectivity index is 1.98. The maximum Gasteiger partial charge on any atom is 0.0531 e. The van der Waals surface area contributed by atoms with E-state index in [-0.39, 0.29) is 12.0 Å². The largest absolute Gasteiger partial charge is 0.395 e. The second-order valence-electron chi connectivity index (χ2n) is 5.59. The molecule has 1 N–H and O–H groups in total. The molecule has 0 spiro atoms. The van der Waals surface area contributed by atoms with Crippen molar-refractivity contribution < 1.29 is 5.11 Å². The number of nitrogens with zero attached hydrogens (tertiary/aromatic N) is 1. The van der Waals surface area contributed by atoms with E-state index in [1.54, 1.807) is 0 Å². The van der Waals surface area contributed by atoms with Crippen LogP contribution in [0.5, 0.6) is 0 Å². The zero-order valence-corrected chi connectivity index (χ0v) is 12.9. The van der Waals surface area contributed by atoms with Gasteiger partial charge in [-0.15, -0.1) is 0 Å². The molecular formula is C17H18BrNO. The van der Waals surface area contributed by atoms with Crippen LogP contribution in [0.2, 0.25) is 0 Å². The number of halogens is 1. The van der Waals surface area contributed by atoms with Crippen molar-refractivity contribution >= 4 is 15.9 Å². The van der Waals surface area contributed by atoms with Crippen LogP contribution in [0.15, 0.2) is 47.1 Å². The Morgan fingerprint density at radius 1 is 1.20 bits per heavy atom. The van der Waals surface area contributed by atoms with Gasteiger partial charge >= 0.3 is 0 Å². The summed E-state index contributed by atoms with van der Waals surface area (Å²) >= 11 is 3.42. The molecule has 3 rings (SSSR count). The standard InChI is InChI=1S/C17H18BrNO/c18-14-7-8-15(19-11-14)10-17(12-20)9-3-5-13-4-1-2-6-16(13)17/h1-2,4,6-8,11,20H,3,5,9-10,12H2. The number of hydrogen-bond acceptors (Lipinski definition) is 2. The molecule has 3 heteroatoms. The van der Waals surface area contributed by atoms with Gasteiger partial charge in [-0.05, 0) is 58.5 Å². The van der Waals surface area contributed by atoms with Crippen molar-refractivity contribution in [3.8, 4) is 0 Å². The summed E-state index contributed by atoms with van der Waals surface area (Å²) in [6.07, 6.45) is 5.90. The van der Waals surface area contributed by atoms with E-state index in [9.17, 15) is 5.11 Å². The zero-order valence-electron chi connectivity index (χ0n) is 11.3. The highest BCUT2D eigenvalue weighted by molar-refractivity contribution is 9.10. The van der Waals surface area contributed by atoms with Gasteiger partial charge in [-0.3, -0.25) is 4.98 Å². The molecular weight excluding hydrogens is 314 g/mol. The molecule has 1 unspecified atom stereocenters. The maximum absolute atomic E-state index is 10.1. The second kappa shape index (κ2) is 5.66. The smallest absolute Gasteiger partial charge is 0.0531 e. The van der Waals surface area contributed by atoms with Gasteiger partial charge < -0.3 is 5.11 Å². The van der Waals surface area contributed by atoms with Gasteiger partial charge in [-0.2, -0.15) is 0 Å². The highest BCUT2D eigenvalue weighted by atomic mass is 79.9. The van der Waals surface area contributed by atoms with Gasteiger partial charge in [0.05, 0.1) is 6.61 Å². The van der Waals surface area contributed by atoms with Crippen LogP contribution in [0, 0.1) is 0 Å². The van der Waals surface area contributed by atoms with Crippen molar-refractivity contribution in [2.24, 2.45) is 0 Å². The number of pyridine rings is 1. The quantitative estimate of drug-likeness (QED) is 0.931.